The molecule has 0 aliphatic rings. The summed E-state index contributed by atoms with van der Waals surface area (Å²) in [6.07, 6.45) is 1.47. The Hall–Kier alpha value is -1.61. The molecule has 1 aromatic heterocycles. The van der Waals surface area contributed by atoms with E-state index in [0.717, 1.165) is 5.56 Å². The third-order valence-electron chi connectivity index (χ3n) is 1.83. The van der Waals surface area contributed by atoms with Gasteiger partial charge in [-0.15, -0.1) is 5.10 Å². The van der Waals surface area contributed by atoms with Crippen LogP contribution in [0.15, 0.2) is 42.6 Å². The van der Waals surface area contributed by atoms with E-state index in [1.165, 1.54) is 6.20 Å². The van der Waals surface area contributed by atoms with Gasteiger partial charge in [-0.1, -0.05) is 41.9 Å². The number of nitrogens with zero attached hydrogens (tertiary/aromatic N) is 2. The van der Waals surface area contributed by atoms with Crippen molar-refractivity contribution in [2.24, 2.45) is 0 Å². The largest absolute Gasteiger partial charge is 0.472 e. The molecule has 4 heteroatoms. The van der Waals surface area contributed by atoms with E-state index in [0.29, 0.717) is 17.5 Å². The van der Waals surface area contributed by atoms with E-state index in [4.69, 9.17) is 16.3 Å². The SMILES string of the molecule is Clc1cnnc(OCc2ccccc2)c1. The summed E-state index contributed by atoms with van der Waals surface area (Å²) in [5.41, 5.74) is 1.08. The fraction of sp³-hybridized carbons (Fsp3) is 0.0909. The minimum absolute atomic E-state index is 0.436. The molecule has 0 saturated heterocycles. The maximum Gasteiger partial charge on any atom is 0.235 e. The molecule has 0 unspecified atom stereocenters. The molecule has 0 spiro atoms. The van der Waals surface area contributed by atoms with Gasteiger partial charge in [-0.05, 0) is 5.56 Å². The van der Waals surface area contributed by atoms with Gasteiger partial charge in [-0.2, -0.15) is 5.10 Å². The van der Waals surface area contributed by atoms with Crippen LogP contribution >= 0.6 is 11.6 Å². The first kappa shape index (κ1) is 9.93. The molecular weight excluding hydrogens is 212 g/mol. The number of rotatable bonds is 3. The highest BCUT2D eigenvalue weighted by atomic mass is 35.5. The molecule has 0 fully saturated rings. The Balaban J connectivity index is 1.99. The number of hydrogen-bond donors (Lipinski definition) is 0. The van der Waals surface area contributed by atoms with Crippen LogP contribution in [0, 0.1) is 0 Å². The molecule has 0 radical (unpaired) electrons. The van der Waals surface area contributed by atoms with Crippen LogP contribution in [0.2, 0.25) is 5.02 Å². The summed E-state index contributed by atoms with van der Waals surface area (Å²) in [5.74, 6) is 0.436. The molecule has 0 bridgehead atoms. The maximum atomic E-state index is 5.74. The van der Waals surface area contributed by atoms with Crippen LogP contribution in [-0.4, -0.2) is 10.2 Å². The van der Waals surface area contributed by atoms with E-state index in [2.05, 4.69) is 10.2 Å². The second kappa shape index (κ2) is 4.75. The molecule has 0 aliphatic heterocycles. The zero-order chi connectivity index (χ0) is 10.5. The minimum atomic E-state index is 0.436. The first-order valence-electron chi connectivity index (χ1n) is 4.49. The van der Waals surface area contributed by atoms with Crippen LogP contribution in [0.3, 0.4) is 0 Å². The maximum absolute atomic E-state index is 5.74. The predicted octanol–water partition coefficient (Wildman–Crippen LogP) is 2.71. The van der Waals surface area contributed by atoms with E-state index in [9.17, 15) is 0 Å². The third-order valence-corrected chi connectivity index (χ3v) is 2.03. The van der Waals surface area contributed by atoms with E-state index >= 15 is 0 Å². The lowest BCUT2D eigenvalue weighted by atomic mass is 10.2. The lowest BCUT2D eigenvalue weighted by Gasteiger charge is -2.03. The number of ether oxygens (including phenoxy) is 1. The second-order valence-electron chi connectivity index (χ2n) is 2.99. The topological polar surface area (TPSA) is 35.0 Å². The van der Waals surface area contributed by atoms with Gasteiger partial charge in [0.05, 0.1) is 11.2 Å². The second-order valence-corrected chi connectivity index (χ2v) is 3.42. The minimum Gasteiger partial charge on any atom is -0.472 e. The van der Waals surface area contributed by atoms with Crippen molar-refractivity contribution >= 4 is 11.6 Å². The quantitative estimate of drug-likeness (QED) is 0.798. The molecular formula is C11H9ClN2O. The average Bonchev–Trinajstić information content (AvgIpc) is 2.28. The van der Waals surface area contributed by atoms with Crippen molar-refractivity contribution in [2.75, 3.05) is 0 Å². The van der Waals surface area contributed by atoms with Gasteiger partial charge < -0.3 is 4.74 Å². The molecule has 3 nitrogen and oxygen atoms in total. The van der Waals surface area contributed by atoms with Crippen molar-refractivity contribution in [3.63, 3.8) is 0 Å². The van der Waals surface area contributed by atoms with Crippen LogP contribution in [-0.2, 0) is 6.61 Å². The molecule has 76 valence electrons. The van der Waals surface area contributed by atoms with E-state index in [-0.39, 0.29) is 0 Å². The Morgan fingerprint density at radius 2 is 2.00 bits per heavy atom. The molecule has 0 N–H and O–H groups in total. The summed E-state index contributed by atoms with van der Waals surface area (Å²) in [7, 11) is 0. The molecule has 0 atom stereocenters. The van der Waals surface area contributed by atoms with Gasteiger partial charge >= 0.3 is 0 Å². The van der Waals surface area contributed by atoms with Crippen molar-refractivity contribution in [1.29, 1.82) is 0 Å². The number of aromatic nitrogens is 2. The molecule has 0 saturated carbocycles. The third kappa shape index (κ3) is 2.92. The lowest BCUT2D eigenvalue weighted by molar-refractivity contribution is 0.290. The van der Waals surface area contributed by atoms with Gasteiger partial charge in [0.1, 0.15) is 6.61 Å². The van der Waals surface area contributed by atoms with Crippen LogP contribution in [0.1, 0.15) is 5.56 Å². The van der Waals surface area contributed by atoms with Gasteiger partial charge in [0.15, 0.2) is 0 Å². The predicted molar refractivity (Wildman–Crippen MR) is 57.8 cm³/mol. The summed E-state index contributed by atoms with van der Waals surface area (Å²) in [6, 6.07) is 11.5. The summed E-state index contributed by atoms with van der Waals surface area (Å²) < 4.78 is 5.41. The molecule has 1 heterocycles. The fourth-order valence-corrected chi connectivity index (χ4v) is 1.26. The van der Waals surface area contributed by atoms with Gasteiger partial charge in [-0.25, -0.2) is 0 Å². The summed E-state index contributed by atoms with van der Waals surface area (Å²) in [4.78, 5) is 0. The van der Waals surface area contributed by atoms with Crippen LogP contribution in [0.25, 0.3) is 0 Å². The van der Waals surface area contributed by atoms with E-state index < -0.39 is 0 Å². The molecule has 1 aromatic carbocycles. The monoisotopic (exact) mass is 220 g/mol. The smallest absolute Gasteiger partial charge is 0.235 e. The van der Waals surface area contributed by atoms with E-state index in [1.54, 1.807) is 6.07 Å². The number of hydrogen-bond acceptors (Lipinski definition) is 3. The summed E-state index contributed by atoms with van der Waals surface area (Å²) >= 11 is 5.74. The average molecular weight is 221 g/mol. The zero-order valence-electron chi connectivity index (χ0n) is 7.93. The van der Waals surface area contributed by atoms with E-state index in [1.807, 2.05) is 30.3 Å². The van der Waals surface area contributed by atoms with Crippen molar-refractivity contribution in [2.45, 2.75) is 6.61 Å². The van der Waals surface area contributed by atoms with Gasteiger partial charge in [0, 0.05) is 6.07 Å². The summed E-state index contributed by atoms with van der Waals surface area (Å²) in [5, 5.41) is 8.01. The van der Waals surface area contributed by atoms with Gasteiger partial charge in [0.25, 0.3) is 0 Å². The highest BCUT2D eigenvalue weighted by molar-refractivity contribution is 6.30. The number of halogens is 1. The van der Waals surface area contributed by atoms with Crippen molar-refractivity contribution in [3.8, 4) is 5.88 Å². The van der Waals surface area contributed by atoms with Crippen LogP contribution in [0.4, 0.5) is 0 Å². The Kier molecular flexibility index (Phi) is 3.15. The Labute approximate surface area is 92.7 Å². The molecule has 0 amide bonds. The van der Waals surface area contributed by atoms with Crippen LogP contribution in [0.5, 0.6) is 5.88 Å². The molecule has 0 aliphatic carbocycles. The van der Waals surface area contributed by atoms with Crippen LogP contribution < -0.4 is 4.74 Å². The molecule has 2 rings (SSSR count). The first-order valence-corrected chi connectivity index (χ1v) is 4.87. The normalized spacial score (nSPS) is 9.93. The fourth-order valence-electron chi connectivity index (χ4n) is 1.13. The standard InChI is InChI=1S/C11H9ClN2O/c12-10-6-11(14-13-7-10)15-8-9-4-2-1-3-5-9/h1-7H,8H2. The van der Waals surface area contributed by atoms with Gasteiger partial charge in [-0.3, -0.25) is 0 Å². The summed E-state index contributed by atoms with van der Waals surface area (Å²) in [6.45, 7) is 0.468. The number of benzene rings is 1. The highest BCUT2D eigenvalue weighted by Gasteiger charge is 1.98. The van der Waals surface area contributed by atoms with Crippen molar-refractivity contribution in [3.05, 3.63) is 53.2 Å². The Bertz CT molecular complexity index is 434. The zero-order valence-corrected chi connectivity index (χ0v) is 8.69. The molecule has 2 aromatic rings. The Morgan fingerprint density at radius 3 is 2.73 bits per heavy atom. The van der Waals surface area contributed by atoms with Gasteiger partial charge in [0.2, 0.25) is 5.88 Å². The first-order chi connectivity index (χ1) is 7.34. The highest BCUT2D eigenvalue weighted by Crippen LogP contribution is 2.13. The van der Waals surface area contributed by atoms with Crippen molar-refractivity contribution < 1.29 is 4.74 Å². The Morgan fingerprint density at radius 1 is 1.20 bits per heavy atom. The van der Waals surface area contributed by atoms with Crippen molar-refractivity contribution in [1.82, 2.24) is 10.2 Å². The molecule has 15 heavy (non-hydrogen) atoms. The lowest BCUT2D eigenvalue weighted by Crippen LogP contribution is -1.97.